The van der Waals surface area contributed by atoms with Crippen LogP contribution in [0.3, 0.4) is 0 Å². The maximum Gasteiger partial charge on any atom is 0.261 e. The zero-order valence-electron chi connectivity index (χ0n) is 9.60. The number of imide groups is 1. The van der Waals surface area contributed by atoms with Crippen LogP contribution in [0.1, 0.15) is 27.6 Å². The average Bonchev–Trinajstić information content (AvgIpc) is 2.54. The number of benzene rings is 1. The minimum absolute atomic E-state index is 0.273. The molecular formula is C12H14N2O3. The molecule has 5 nitrogen and oxygen atoms in total. The van der Waals surface area contributed by atoms with E-state index in [9.17, 15) is 9.59 Å². The van der Waals surface area contributed by atoms with Crippen LogP contribution in [0.2, 0.25) is 0 Å². The molecule has 2 N–H and O–H groups in total. The van der Waals surface area contributed by atoms with Crippen LogP contribution in [0.15, 0.2) is 18.2 Å². The number of nitrogen functional groups attached to an aromatic ring is 1. The van der Waals surface area contributed by atoms with Crippen molar-refractivity contribution >= 4 is 17.5 Å². The molecule has 0 bridgehead atoms. The van der Waals surface area contributed by atoms with Crippen LogP contribution in [0.25, 0.3) is 0 Å². The molecule has 17 heavy (non-hydrogen) atoms. The van der Waals surface area contributed by atoms with Gasteiger partial charge in [0.05, 0.1) is 24.3 Å². The van der Waals surface area contributed by atoms with Crippen LogP contribution in [0, 0.1) is 0 Å². The molecule has 0 unspecified atom stereocenters. The Hall–Kier alpha value is -1.88. The number of fused-ring (bicyclic) bond motifs is 1. The van der Waals surface area contributed by atoms with Gasteiger partial charge in [-0.25, -0.2) is 0 Å². The molecule has 0 spiro atoms. The molecule has 2 amide bonds. The second-order valence-corrected chi connectivity index (χ2v) is 3.76. The van der Waals surface area contributed by atoms with Gasteiger partial charge in [0.25, 0.3) is 11.8 Å². The number of nitrogens with zero attached hydrogens (tertiary/aromatic N) is 1. The van der Waals surface area contributed by atoms with Crippen molar-refractivity contribution in [3.8, 4) is 0 Å². The average molecular weight is 234 g/mol. The fraction of sp³-hybridized carbons (Fsp3) is 0.333. The van der Waals surface area contributed by atoms with E-state index in [2.05, 4.69) is 0 Å². The zero-order chi connectivity index (χ0) is 12.4. The number of carbonyl (C=O) groups excluding carboxylic acids is 2. The molecule has 0 saturated heterocycles. The summed E-state index contributed by atoms with van der Waals surface area (Å²) in [4.78, 5) is 25.1. The lowest BCUT2D eigenvalue weighted by molar-refractivity contribution is 0.0574. The van der Waals surface area contributed by atoms with Crippen molar-refractivity contribution in [3.63, 3.8) is 0 Å². The number of amides is 2. The molecule has 90 valence electrons. The smallest absolute Gasteiger partial charge is 0.261 e. The highest BCUT2D eigenvalue weighted by atomic mass is 16.5. The van der Waals surface area contributed by atoms with Gasteiger partial charge in [-0.3, -0.25) is 14.5 Å². The minimum Gasteiger partial charge on any atom is -0.399 e. The van der Waals surface area contributed by atoms with E-state index >= 15 is 0 Å². The molecule has 1 heterocycles. The van der Waals surface area contributed by atoms with Gasteiger partial charge in [0.1, 0.15) is 0 Å². The lowest BCUT2D eigenvalue weighted by Crippen LogP contribution is -2.33. The molecule has 1 aromatic rings. The summed E-state index contributed by atoms with van der Waals surface area (Å²) in [5, 5.41) is 0. The Morgan fingerprint density at radius 3 is 2.65 bits per heavy atom. The summed E-state index contributed by atoms with van der Waals surface area (Å²) in [6.07, 6.45) is 0. The Labute approximate surface area is 99.2 Å². The van der Waals surface area contributed by atoms with E-state index in [1.807, 2.05) is 6.92 Å². The quantitative estimate of drug-likeness (QED) is 0.477. The van der Waals surface area contributed by atoms with Crippen molar-refractivity contribution in [1.29, 1.82) is 0 Å². The Morgan fingerprint density at radius 1 is 1.24 bits per heavy atom. The first-order valence-corrected chi connectivity index (χ1v) is 5.48. The first-order chi connectivity index (χ1) is 8.15. The molecule has 0 saturated carbocycles. The van der Waals surface area contributed by atoms with Crippen molar-refractivity contribution in [2.75, 3.05) is 25.5 Å². The third kappa shape index (κ3) is 2.01. The van der Waals surface area contributed by atoms with Crippen molar-refractivity contribution < 1.29 is 14.3 Å². The van der Waals surface area contributed by atoms with E-state index in [-0.39, 0.29) is 18.4 Å². The molecule has 1 aliphatic heterocycles. The van der Waals surface area contributed by atoms with E-state index < -0.39 is 0 Å². The minimum atomic E-state index is -0.294. The summed E-state index contributed by atoms with van der Waals surface area (Å²) < 4.78 is 5.14. The van der Waals surface area contributed by atoms with Gasteiger partial charge in [-0.05, 0) is 25.1 Å². The van der Waals surface area contributed by atoms with Gasteiger partial charge >= 0.3 is 0 Å². The summed E-state index contributed by atoms with van der Waals surface area (Å²) >= 11 is 0. The Balaban J connectivity index is 2.20. The van der Waals surface area contributed by atoms with E-state index in [0.29, 0.717) is 30.0 Å². The van der Waals surface area contributed by atoms with Gasteiger partial charge in [-0.15, -0.1) is 0 Å². The number of anilines is 1. The van der Waals surface area contributed by atoms with E-state index in [1.54, 1.807) is 12.1 Å². The van der Waals surface area contributed by atoms with E-state index in [4.69, 9.17) is 10.5 Å². The largest absolute Gasteiger partial charge is 0.399 e. The van der Waals surface area contributed by atoms with Crippen LogP contribution < -0.4 is 5.73 Å². The Morgan fingerprint density at radius 2 is 1.94 bits per heavy atom. The number of ether oxygens (including phenoxy) is 1. The van der Waals surface area contributed by atoms with Crippen molar-refractivity contribution in [2.45, 2.75) is 6.92 Å². The second-order valence-electron chi connectivity index (χ2n) is 3.76. The molecule has 5 heteroatoms. The van der Waals surface area contributed by atoms with Crippen LogP contribution in [-0.2, 0) is 4.74 Å². The van der Waals surface area contributed by atoms with Gasteiger partial charge in [-0.1, -0.05) is 0 Å². The fourth-order valence-electron chi connectivity index (χ4n) is 1.81. The first kappa shape index (κ1) is 11.6. The molecule has 0 fully saturated rings. The highest BCUT2D eigenvalue weighted by Crippen LogP contribution is 2.24. The van der Waals surface area contributed by atoms with E-state index in [0.717, 1.165) is 0 Å². The van der Waals surface area contributed by atoms with Crippen molar-refractivity contribution in [2.24, 2.45) is 0 Å². The van der Waals surface area contributed by atoms with Crippen LogP contribution in [-0.4, -0.2) is 36.5 Å². The SMILES string of the molecule is CCOCCN1C(=O)c2ccc(N)cc2C1=O. The summed E-state index contributed by atoms with van der Waals surface area (Å²) in [5.74, 6) is -0.568. The number of carbonyl (C=O) groups is 2. The summed E-state index contributed by atoms with van der Waals surface area (Å²) in [5.41, 5.74) is 6.88. The van der Waals surface area contributed by atoms with Gasteiger partial charge in [0.15, 0.2) is 0 Å². The summed E-state index contributed by atoms with van der Waals surface area (Å²) in [6.45, 7) is 3.07. The predicted octanol–water partition coefficient (Wildman–Crippen LogP) is 0.901. The Kier molecular flexibility index (Phi) is 3.10. The van der Waals surface area contributed by atoms with Crippen LogP contribution >= 0.6 is 0 Å². The Bertz CT molecular complexity index is 471. The van der Waals surface area contributed by atoms with Gasteiger partial charge < -0.3 is 10.5 Å². The molecule has 0 aliphatic carbocycles. The first-order valence-electron chi connectivity index (χ1n) is 5.48. The molecule has 0 atom stereocenters. The monoisotopic (exact) mass is 234 g/mol. The number of nitrogens with two attached hydrogens (primary N) is 1. The molecule has 0 radical (unpaired) electrons. The standard InChI is InChI=1S/C12H14N2O3/c1-2-17-6-5-14-11(15)9-4-3-8(13)7-10(9)12(14)16/h3-4,7H,2,5-6,13H2,1H3. The van der Waals surface area contributed by atoms with E-state index in [1.165, 1.54) is 11.0 Å². The number of hydrogen-bond acceptors (Lipinski definition) is 4. The topological polar surface area (TPSA) is 72.6 Å². The highest BCUT2D eigenvalue weighted by Gasteiger charge is 2.34. The lowest BCUT2D eigenvalue weighted by Gasteiger charge is -2.12. The van der Waals surface area contributed by atoms with Crippen LogP contribution in [0.5, 0.6) is 0 Å². The van der Waals surface area contributed by atoms with Gasteiger partial charge in [-0.2, -0.15) is 0 Å². The highest BCUT2D eigenvalue weighted by molar-refractivity contribution is 6.21. The molecule has 0 aromatic heterocycles. The molecule has 2 rings (SSSR count). The summed E-state index contributed by atoms with van der Waals surface area (Å²) in [6, 6.07) is 4.75. The molecular weight excluding hydrogens is 220 g/mol. The van der Waals surface area contributed by atoms with Gasteiger partial charge in [0.2, 0.25) is 0 Å². The third-order valence-electron chi connectivity index (χ3n) is 2.66. The zero-order valence-corrected chi connectivity index (χ0v) is 9.60. The van der Waals surface area contributed by atoms with Crippen molar-refractivity contribution in [1.82, 2.24) is 4.90 Å². The predicted molar refractivity (Wildman–Crippen MR) is 62.7 cm³/mol. The maximum absolute atomic E-state index is 11.9. The number of rotatable bonds is 4. The normalized spacial score (nSPS) is 14.3. The van der Waals surface area contributed by atoms with Gasteiger partial charge in [0, 0.05) is 12.3 Å². The maximum atomic E-state index is 11.9. The molecule has 1 aliphatic rings. The second kappa shape index (κ2) is 4.55. The van der Waals surface area contributed by atoms with Crippen LogP contribution in [0.4, 0.5) is 5.69 Å². The lowest BCUT2D eigenvalue weighted by atomic mass is 10.1. The summed E-state index contributed by atoms with van der Waals surface area (Å²) in [7, 11) is 0. The fourth-order valence-corrected chi connectivity index (χ4v) is 1.81. The van der Waals surface area contributed by atoms with Crippen molar-refractivity contribution in [3.05, 3.63) is 29.3 Å². The number of hydrogen-bond donors (Lipinski definition) is 1. The third-order valence-corrected chi connectivity index (χ3v) is 2.66. The molecule has 1 aromatic carbocycles.